The first-order chi connectivity index (χ1) is 12.6. The number of amides is 3. The van der Waals surface area contributed by atoms with Gasteiger partial charge in [0.05, 0.1) is 0 Å². The average molecular weight is 377 g/mol. The Morgan fingerprint density at radius 2 is 1.74 bits per heavy atom. The van der Waals surface area contributed by atoms with E-state index in [9.17, 15) is 9.59 Å². The van der Waals surface area contributed by atoms with Crippen LogP contribution in [0.1, 0.15) is 39.2 Å². The van der Waals surface area contributed by atoms with Crippen LogP contribution in [0.4, 0.5) is 15.3 Å². The standard InChI is InChI=1S/C20H32N4O3/c1-20(2,3)27-19(26)22-16-10-12-24(13-11-16)18(25)21-14-15-6-8-17(9-7-15)23(4)5/h6-9,16H,10-14H2,1-5H3,(H,21,25)(H,22,26). The van der Waals surface area contributed by atoms with Crippen LogP contribution >= 0.6 is 0 Å². The van der Waals surface area contributed by atoms with Crippen molar-refractivity contribution in [2.24, 2.45) is 0 Å². The van der Waals surface area contributed by atoms with E-state index in [0.717, 1.165) is 24.1 Å². The van der Waals surface area contributed by atoms with Crippen LogP contribution in [0.25, 0.3) is 0 Å². The predicted molar refractivity (Wildman–Crippen MR) is 107 cm³/mol. The summed E-state index contributed by atoms with van der Waals surface area (Å²) in [5.74, 6) is 0. The number of nitrogens with one attached hydrogen (secondary N) is 2. The summed E-state index contributed by atoms with van der Waals surface area (Å²) in [6.07, 6.45) is 1.06. The zero-order valence-corrected chi connectivity index (χ0v) is 17.0. The van der Waals surface area contributed by atoms with Gasteiger partial charge in [0.25, 0.3) is 0 Å². The Morgan fingerprint density at radius 1 is 1.15 bits per heavy atom. The molecule has 1 aliphatic rings. The van der Waals surface area contributed by atoms with E-state index in [4.69, 9.17) is 4.74 Å². The fraction of sp³-hybridized carbons (Fsp3) is 0.600. The third-order valence-electron chi connectivity index (χ3n) is 4.40. The lowest BCUT2D eigenvalue weighted by atomic mass is 10.1. The van der Waals surface area contributed by atoms with E-state index in [1.165, 1.54) is 0 Å². The maximum absolute atomic E-state index is 12.4. The molecule has 3 amide bonds. The van der Waals surface area contributed by atoms with Gasteiger partial charge < -0.3 is 25.2 Å². The van der Waals surface area contributed by atoms with Crippen molar-refractivity contribution in [1.82, 2.24) is 15.5 Å². The third-order valence-corrected chi connectivity index (χ3v) is 4.40. The lowest BCUT2D eigenvalue weighted by Gasteiger charge is -2.32. The van der Waals surface area contributed by atoms with Gasteiger partial charge >= 0.3 is 12.1 Å². The molecule has 1 aromatic carbocycles. The molecular formula is C20H32N4O3. The Hall–Kier alpha value is -2.44. The number of likely N-dealkylation sites (tertiary alicyclic amines) is 1. The molecule has 0 saturated carbocycles. The average Bonchev–Trinajstić information content (AvgIpc) is 2.59. The van der Waals surface area contributed by atoms with Gasteiger partial charge in [-0.15, -0.1) is 0 Å². The van der Waals surface area contributed by atoms with E-state index in [1.54, 1.807) is 4.90 Å². The molecule has 7 heteroatoms. The fourth-order valence-corrected chi connectivity index (χ4v) is 2.90. The first-order valence-corrected chi connectivity index (χ1v) is 9.42. The van der Waals surface area contributed by atoms with Crippen LogP contribution in [0.15, 0.2) is 24.3 Å². The van der Waals surface area contributed by atoms with Crippen LogP contribution in [0, 0.1) is 0 Å². The minimum absolute atomic E-state index is 0.0440. The first-order valence-electron chi connectivity index (χ1n) is 9.42. The van der Waals surface area contributed by atoms with Crippen molar-refractivity contribution in [3.8, 4) is 0 Å². The Balaban J connectivity index is 1.72. The van der Waals surface area contributed by atoms with E-state index < -0.39 is 11.7 Å². The highest BCUT2D eigenvalue weighted by molar-refractivity contribution is 5.74. The molecule has 1 heterocycles. The molecule has 0 spiro atoms. The molecule has 150 valence electrons. The summed E-state index contributed by atoms with van der Waals surface area (Å²) in [6.45, 7) is 7.26. The molecular weight excluding hydrogens is 344 g/mol. The summed E-state index contributed by atoms with van der Waals surface area (Å²) in [6, 6.07) is 8.09. The molecule has 0 atom stereocenters. The van der Waals surface area contributed by atoms with Crippen LogP contribution in [0.5, 0.6) is 0 Å². The Kier molecular flexibility index (Phi) is 6.93. The van der Waals surface area contributed by atoms with Gasteiger partial charge in [-0.05, 0) is 51.3 Å². The van der Waals surface area contributed by atoms with Crippen molar-refractivity contribution >= 4 is 17.8 Å². The van der Waals surface area contributed by atoms with Gasteiger partial charge in [-0.25, -0.2) is 9.59 Å². The maximum atomic E-state index is 12.4. The van der Waals surface area contributed by atoms with Gasteiger partial charge in [-0.2, -0.15) is 0 Å². The van der Waals surface area contributed by atoms with Crippen LogP contribution < -0.4 is 15.5 Å². The second-order valence-electron chi connectivity index (χ2n) is 8.13. The van der Waals surface area contributed by atoms with Crippen molar-refractivity contribution < 1.29 is 14.3 Å². The summed E-state index contributed by atoms with van der Waals surface area (Å²) in [4.78, 5) is 28.0. The van der Waals surface area contributed by atoms with E-state index >= 15 is 0 Å². The molecule has 7 nitrogen and oxygen atoms in total. The largest absolute Gasteiger partial charge is 0.444 e. The normalized spacial score (nSPS) is 15.2. The van der Waals surface area contributed by atoms with Crippen molar-refractivity contribution in [2.75, 3.05) is 32.1 Å². The SMILES string of the molecule is CN(C)c1ccc(CNC(=O)N2CCC(NC(=O)OC(C)(C)C)CC2)cc1. The van der Waals surface area contributed by atoms with Crippen molar-refractivity contribution in [3.63, 3.8) is 0 Å². The first kappa shape index (κ1) is 20.9. The smallest absolute Gasteiger partial charge is 0.407 e. The second kappa shape index (κ2) is 8.97. The number of piperidine rings is 1. The summed E-state index contributed by atoms with van der Waals surface area (Å²) in [5.41, 5.74) is 1.69. The minimum Gasteiger partial charge on any atom is -0.444 e. The number of ether oxygens (including phenoxy) is 1. The third kappa shape index (κ3) is 7.00. The number of nitrogens with zero attached hydrogens (tertiary/aromatic N) is 2. The Morgan fingerprint density at radius 3 is 2.26 bits per heavy atom. The molecule has 1 aromatic rings. The highest BCUT2D eigenvalue weighted by Gasteiger charge is 2.25. The highest BCUT2D eigenvalue weighted by atomic mass is 16.6. The van der Waals surface area contributed by atoms with Gasteiger partial charge in [0.15, 0.2) is 0 Å². The topological polar surface area (TPSA) is 73.9 Å². The molecule has 1 fully saturated rings. The van der Waals surface area contributed by atoms with Gasteiger partial charge in [0.1, 0.15) is 5.60 Å². The maximum Gasteiger partial charge on any atom is 0.407 e. The Labute approximate surface area is 162 Å². The van der Waals surface area contributed by atoms with Gasteiger partial charge in [0, 0.05) is 45.5 Å². The monoisotopic (exact) mass is 376 g/mol. The fourth-order valence-electron chi connectivity index (χ4n) is 2.90. The number of benzene rings is 1. The molecule has 2 N–H and O–H groups in total. The molecule has 1 saturated heterocycles. The molecule has 0 bridgehead atoms. The summed E-state index contributed by atoms with van der Waals surface area (Å²) in [5, 5.41) is 5.85. The number of carbonyl (C=O) groups is 2. The molecule has 0 unspecified atom stereocenters. The number of urea groups is 1. The Bertz CT molecular complexity index is 630. The number of alkyl carbamates (subject to hydrolysis) is 1. The number of rotatable bonds is 4. The number of hydrogen-bond acceptors (Lipinski definition) is 4. The molecule has 2 rings (SSSR count). The van der Waals surface area contributed by atoms with Gasteiger partial charge in [-0.1, -0.05) is 12.1 Å². The van der Waals surface area contributed by atoms with Gasteiger partial charge in [0.2, 0.25) is 0 Å². The number of anilines is 1. The zero-order valence-electron chi connectivity index (χ0n) is 17.0. The van der Waals surface area contributed by atoms with E-state index in [2.05, 4.69) is 10.6 Å². The van der Waals surface area contributed by atoms with Crippen molar-refractivity contribution in [2.45, 2.75) is 51.8 Å². The van der Waals surface area contributed by atoms with Crippen molar-refractivity contribution in [3.05, 3.63) is 29.8 Å². The van der Waals surface area contributed by atoms with Crippen LogP contribution in [-0.4, -0.2) is 55.9 Å². The van der Waals surface area contributed by atoms with Crippen LogP contribution in [-0.2, 0) is 11.3 Å². The molecule has 1 aliphatic heterocycles. The van der Waals surface area contributed by atoms with Crippen molar-refractivity contribution in [1.29, 1.82) is 0 Å². The van der Waals surface area contributed by atoms with E-state index in [-0.39, 0.29) is 12.1 Å². The second-order valence-corrected chi connectivity index (χ2v) is 8.13. The number of carbonyl (C=O) groups excluding carboxylic acids is 2. The molecule has 0 aromatic heterocycles. The summed E-state index contributed by atoms with van der Waals surface area (Å²) >= 11 is 0. The van der Waals surface area contributed by atoms with Crippen LogP contribution in [0.2, 0.25) is 0 Å². The summed E-state index contributed by atoms with van der Waals surface area (Å²) in [7, 11) is 4.00. The zero-order chi connectivity index (χ0) is 20.0. The lowest BCUT2D eigenvalue weighted by molar-refractivity contribution is 0.0485. The minimum atomic E-state index is -0.505. The van der Waals surface area contributed by atoms with Gasteiger partial charge in [-0.3, -0.25) is 0 Å². The molecule has 0 aliphatic carbocycles. The predicted octanol–water partition coefficient (Wildman–Crippen LogP) is 2.95. The molecule has 27 heavy (non-hydrogen) atoms. The van der Waals surface area contributed by atoms with E-state index in [0.29, 0.717) is 19.6 Å². The summed E-state index contributed by atoms with van der Waals surface area (Å²) < 4.78 is 5.28. The van der Waals surface area contributed by atoms with E-state index in [1.807, 2.05) is 64.0 Å². The number of hydrogen-bond donors (Lipinski definition) is 2. The highest BCUT2D eigenvalue weighted by Crippen LogP contribution is 2.14. The quantitative estimate of drug-likeness (QED) is 0.847. The lowest BCUT2D eigenvalue weighted by Crippen LogP contribution is -2.50. The molecule has 0 radical (unpaired) electrons. The van der Waals surface area contributed by atoms with Crippen LogP contribution in [0.3, 0.4) is 0 Å².